The number of hydrogen-bond donors (Lipinski definition) is 5. The number of ether oxygens (including phenoxy) is 1. The number of likely N-dealkylation sites (N-methyl/N-ethyl adjacent to an activating group) is 1. The van der Waals surface area contributed by atoms with Gasteiger partial charge in [-0.25, -0.2) is 0 Å². The zero-order valence-electron chi connectivity index (χ0n) is 21.2. The third-order valence-corrected chi connectivity index (χ3v) is 5.66. The highest BCUT2D eigenvalue weighted by Crippen LogP contribution is 2.25. The average molecular weight is 542 g/mol. The van der Waals surface area contributed by atoms with Crippen LogP contribution in [0.1, 0.15) is 31.9 Å². The van der Waals surface area contributed by atoms with E-state index in [1.54, 1.807) is 38.1 Å². The zero-order valence-corrected chi connectivity index (χ0v) is 22.4. The second kappa shape index (κ2) is 12.2. The standard InChI is InChI=1S/C24H34F2N5O5P/c1-13(14(2)36-12-24(25,26)37)17-10-28-21(22(33)29-17)20(30-18(32)11-31(5)35)19(27)15-6-8-16(9-7-15)23(3,4)34/h6-9,14,17,34-35H,1,10-12,27,37H2,2-5H3,(H,29,33)(H,30,32). The molecule has 0 saturated carbocycles. The molecule has 0 fully saturated rings. The van der Waals surface area contributed by atoms with Crippen molar-refractivity contribution < 1.29 is 33.4 Å². The number of hydrogen-bond acceptors (Lipinski definition) is 8. The first-order valence-electron chi connectivity index (χ1n) is 11.3. The van der Waals surface area contributed by atoms with E-state index in [0.717, 1.165) is 0 Å². The van der Waals surface area contributed by atoms with Crippen LogP contribution < -0.4 is 16.4 Å². The Balaban J connectivity index is 2.37. The van der Waals surface area contributed by atoms with Gasteiger partial charge in [-0.05, 0) is 37.5 Å². The summed E-state index contributed by atoms with van der Waals surface area (Å²) in [6.45, 7) is 7.40. The zero-order chi connectivity index (χ0) is 28.1. The van der Waals surface area contributed by atoms with Crippen LogP contribution >= 0.6 is 9.24 Å². The van der Waals surface area contributed by atoms with Crippen LogP contribution in [0.4, 0.5) is 8.78 Å². The molecule has 204 valence electrons. The number of aliphatic imine (C=N–C) groups is 1. The smallest absolute Gasteiger partial charge is 0.281 e. The van der Waals surface area contributed by atoms with Crippen molar-refractivity contribution in [1.82, 2.24) is 15.7 Å². The molecule has 1 aromatic carbocycles. The van der Waals surface area contributed by atoms with Gasteiger partial charge in [0.25, 0.3) is 11.6 Å². The Morgan fingerprint density at radius 1 is 1.41 bits per heavy atom. The third-order valence-electron chi connectivity index (χ3n) is 5.49. The fraction of sp³-hybridized carbons (Fsp3) is 0.458. The first kappa shape index (κ1) is 30.5. The van der Waals surface area contributed by atoms with Crippen molar-refractivity contribution in [1.29, 1.82) is 0 Å². The molecule has 0 bridgehead atoms. The summed E-state index contributed by atoms with van der Waals surface area (Å²) in [5, 5.41) is 25.5. The van der Waals surface area contributed by atoms with Crippen LogP contribution in [0.5, 0.6) is 0 Å². The molecule has 3 unspecified atom stereocenters. The van der Waals surface area contributed by atoms with E-state index < -0.39 is 48.4 Å². The number of nitrogens with zero attached hydrogens (tertiary/aromatic N) is 2. The Morgan fingerprint density at radius 3 is 2.49 bits per heavy atom. The average Bonchev–Trinajstić information content (AvgIpc) is 2.78. The number of alkyl halides is 2. The van der Waals surface area contributed by atoms with Crippen molar-refractivity contribution in [3.8, 4) is 0 Å². The second-order valence-electron chi connectivity index (χ2n) is 9.29. The van der Waals surface area contributed by atoms with Crippen LogP contribution in [0.25, 0.3) is 5.70 Å². The summed E-state index contributed by atoms with van der Waals surface area (Å²) in [6, 6.07) is 5.87. The topological polar surface area (TPSA) is 150 Å². The summed E-state index contributed by atoms with van der Waals surface area (Å²) in [5.74, 6) is -1.33. The maximum atomic E-state index is 13.1. The summed E-state index contributed by atoms with van der Waals surface area (Å²) in [5.41, 5.74) is 3.38. The predicted molar refractivity (Wildman–Crippen MR) is 139 cm³/mol. The van der Waals surface area contributed by atoms with Gasteiger partial charge >= 0.3 is 0 Å². The van der Waals surface area contributed by atoms with E-state index in [0.29, 0.717) is 21.8 Å². The molecule has 0 aromatic heterocycles. The van der Waals surface area contributed by atoms with Crippen LogP contribution in [0.15, 0.2) is 47.1 Å². The lowest BCUT2D eigenvalue weighted by molar-refractivity contribution is -0.132. The number of rotatable bonds is 11. The minimum atomic E-state index is -3.10. The van der Waals surface area contributed by atoms with Crippen molar-refractivity contribution in [2.24, 2.45) is 10.7 Å². The molecule has 0 spiro atoms. The van der Waals surface area contributed by atoms with Crippen molar-refractivity contribution in [3.63, 3.8) is 0 Å². The highest BCUT2D eigenvalue weighted by atomic mass is 31.0. The van der Waals surface area contributed by atoms with Gasteiger partial charge in [-0.3, -0.25) is 14.6 Å². The number of aliphatic hydroxyl groups is 1. The maximum Gasteiger partial charge on any atom is 0.281 e. The quantitative estimate of drug-likeness (QED) is 0.161. The Morgan fingerprint density at radius 2 is 2.00 bits per heavy atom. The van der Waals surface area contributed by atoms with Crippen LogP contribution in [0.2, 0.25) is 0 Å². The molecule has 0 aliphatic carbocycles. The Bertz CT molecular complexity index is 1080. The molecule has 0 saturated heterocycles. The Labute approximate surface area is 216 Å². The van der Waals surface area contributed by atoms with E-state index in [4.69, 9.17) is 10.5 Å². The molecule has 13 heteroatoms. The first-order chi connectivity index (χ1) is 17.0. The molecule has 0 radical (unpaired) electrons. The third kappa shape index (κ3) is 8.94. The Hall–Kier alpha value is -2.76. The molecule has 2 rings (SSSR count). The fourth-order valence-corrected chi connectivity index (χ4v) is 3.49. The van der Waals surface area contributed by atoms with E-state index in [9.17, 15) is 28.7 Å². The normalized spacial score (nSPS) is 18.1. The molecule has 1 aromatic rings. The monoisotopic (exact) mass is 541 g/mol. The van der Waals surface area contributed by atoms with Crippen molar-refractivity contribution in [3.05, 3.63) is 53.2 Å². The molecule has 1 heterocycles. The number of hydroxylamine groups is 2. The van der Waals surface area contributed by atoms with Gasteiger partial charge in [-0.2, -0.15) is 13.8 Å². The van der Waals surface area contributed by atoms with Gasteiger partial charge in [-0.15, -0.1) is 0 Å². The molecule has 37 heavy (non-hydrogen) atoms. The van der Waals surface area contributed by atoms with Gasteiger partial charge in [0, 0.05) is 7.05 Å². The minimum Gasteiger partial charge on any atom is -0.396 e. The van der Waals surface area contributed by atoms with Gasteiger partial charge in [0.05, 0.1) is 35.7 Å². The van der Waals surface area contributed by atoms with E-state index >= 15 is 0 Å². The number of carbonyl (C=O) groups excluding carboxylic acids is 2. The summed E-state index contributed by atoms with van der Waals surface area (Å²) in [6.07, 6.45) is -0.789. The lowest BCUT2D eigenvalue weighted by atomic mass is 9.96. The molecule has 6 N–H and O–H groups in total. The number of carbonyl (C=O) groups is 2. The second-order valence-corrected chi connectivity index (χ2v) is 10.1. The van der Waals surface area contributed by atoms with Gasteiger partial charge in [0.2, 0.25) is 5.91 Å². The molecular formula is C24H34F2N5O5P. The highest BCUT2D eigenvalue weighted by molar-refractivity contribution is 7.18. The fourth-order valence-electron chi connectivity index (χ4n) is 3.40. The van der Waals surface area contributed by atoms with Crippen LogP contribution in [0, 0.1) is 0 Å². The minimum absolute atomic E-state index is 0.00489. The van der Waals surface area contributed by atoms with Crippen molar-refractivity contribution in [2.75, 3.05) is 26.7 Å². The van der Waals surface area contributed by atoms with E-state index in [2.05, 4.69) is 22.2 Å². The molecule has 1 aliphatic rings. The molecule has 10 nitrogen and oxygen atoms in total. The van der Waals surface area contributed by atoms with Crippen LogP contribution in [-0.4, -0.2) is 77.5 Å². The lowest BCUT2D eigenvalue weighted by Gasteiger charge is -2.29. The number of halogens is 2. The maximum absolute atomic E-state index is 13.1. The van der Waals surface area contributed by atoms with Gasteiger partial charge in [0.1, 0.15) is 18.9 Å². The van der Waals surface area contributed by atoms with Crippen LogP contribution in [-0.2, 0) is 19.9 Å². The molecule has 1 aliphatic heterocycles. The molecular weight excluding hydrogens is 507 g/mol. The number of benzene rings is 1. The van der Waals surface area contributed by atoms with Crippen molar-refractivity contribution >= 4 is 32.5 Å². The summed E-state index contributed by atoms with van der Waals surface area (Å²) in [7, 11) is 2.67. The van der Waals surface area contributed by atoms with E-state index in [1.807, 2.05) is 0 Å². The van der Waals surface area contributed by atoms with Gasteiger partial charge in [0.15, 0.2) is 0 Å². The molecule has 2 amide bonds. The number of amides is 2. The SMILES string of the molecule is C=C(C1CN=C(C(NC(=O)CN(C)O)=C(N)c2ccc(C(C)(C)O)cc2)C(=O)N1)C(C)OCC(F)(F)P. The predicted octanol–water partition coefficient (Wildman–Crippen LogP) is 1.35. The van der Waals surface area contributed by atoms with Gasteiger partial charge in [-0.1, -0.05) is 40.1 Å². The Kier molecular flexibility index (Phi) is 10.0. The van der Waals surface area contributed by atoms with Crippen molar-refractivity contribution in [2.45, 2.75) is 44.2 Å². The molecule has 3 atom stereocenters. The summed E-state index contributed by atoms with van der Waals surface area (Å²) in [4.78, 5) is 29.8. The van der Waals surface area contributed by atoms with Gasteiger partial charge < -0.3 is 31.4 Å². The largest absolute Gasteiger partial charge is 0.396 e. The van der Waals surface area contributed by atoms with Crippen LogP contribution in [0.3, 0.4) is 0 Å². The number of nitrogens with one attached hydrogen (secondary N) is 2. The number of nitrogens with two attached hydrogens (primary N) is 1. The highest BCUT2D eigenvalue weighted by Gasteiger charge is 2.32. The van der Waals surface area contributed by atoms with E-state index in [1.165, 1.54) is 23.2 Å². The summed E-state index contributed by atoms with van der Waals surface area (Å²) < 4.78 is 31.4. The first-order valence-corrected chi connectivity index (χ1v) is 11.9. The lowest BCUT2D eigenvalue weighted by Crippen LogP contribution is -2.50. The van der Waals surface area contributed by atoms with E-state index in [-0.39, 0.29) is 23.7 Å². The summed E-state index contributed by atoms with van der Waals surface area (Å²) >= 11 is 0.